The Morgan fingerprint density at radius 3 is 2.75 bits per heavy atom. The summed E-state index contributed by atoms with van der Waals surface area (Å²) in [6, 6.07) is 4.61. The minimum absolute atomic E-state index is 0.210. The van der Waals surface area contributed by atoms with Crippen molar-refractivity contribution in [3.63, 3.8) is 0 Å². The molecule has 0 bridgehead atoms. The summed E-state index contributed by atoms with van der Waals surface area (Å²) in [6.45, 7) is 0.270. The molecule has 3 N–H and O–H groups in total. The second-order valence-electron chi connectivity index (χ2n) is 6.80. The Bertz CT molecular complexity index is 1230. The number of rotatable bonds is 2. The first-order chi connectivity index (χ1) is 13.5. The van der Waals surface area contributed by atoms with E-state index in [9.17, 15) is 19.2 Å². The number of nitrogens with one attached hydrogen (secondary N) is 3. The number of carbonyl (C=O) groups is 3. The Kier molecular flexibility index (Phi) is 3.41. The van der Waals surface area contributed by atoms with E-state index in [1.54, 1.807) is 12.1 Å². The van der Waals surface area contributed by atoms with Crippen LogP contribution in [0.3, 0.4) is 0 Å². The van der Waals surface area contributed by atoms with Crippen molar-refractivity contribution in [1.82, 2.24) is 30.2 Å². The third-order valence-corrected chi connectivity index (χ3v) is 5.11. The van der Waals surface area contributed by atoms with Gasteiger partial charge in [-0.2, -0.15) is 0 Å². The van der Waals surface area contributed by atoms with Crippen LogP contribution in [0.2, 0.25) is 0 Å². The van der Waals surface area contributed by atoms with Gasteiger partial charge in [0.15, 0.2) is 5.65 Å². The molecule has 5 rings (SSSR count). The molecule has 3 amide bonds. The molecule has 1 fully saturated rings. The van der Waals surface area contributed by atoms with Crippen LogP contribution in [-0.4, -0.2) is 48.6 Å². The Hall–Kier alpha value is -3.82. The van der Waals surface area contributed by atoms with E-state index in [2.05, 4.69) is 25.3 Å². The number of benzene rings is 1. The molecule has 10 heteroatoms. The highest BCUT2D eigenvalue weighted by molar-refractivity contribution is 6.05. The third-order valence-electron chi connectivity index (χ3n) is 5.11. The normalized spacial score (nSPS) is 19.2. The standard InChI is InChI=1S/C18H14N6O4/c25-12-4-3-11(16(26)21-12)24-6-9-5-8(1-2-10(9)17(24)27)13-14-15(20-7-19-13)23-18(28)22-14/h1-2,5,7,11H,3-4,6H2,(H,21,25,26)(H2,19,20,22,23,28). The maximum atomic E-state index is 12.8. The molecule has 28 heavy (non-hydrogen) atoms. The Morgan fingerprint density at radius 1 is 1.07 bits per heavy atom. The highest BCUT2D eigenvalue weighted by atomic mass is 16.2. The maximum absolute atomic E-state index is 12.8. The Balaban J connectivity index is 1.51. The van der Waals surface area contributed by atoms with E-state index in [-0.39, 0.29) is 30.5 Å². The molecule has 0 saturated carbocycles. The summed E-state index contributed by atoms with van der Waals surface area (Å²) in [5.74, 6) is -1.00. The third kappa shape index (κ3) is 2.42. The van der Waals surface area contributed by atoms with Crippen LogP contribution >= 0.6 is 0 Å². The summed E-state index contributed by atoms with van der Waals surface area (Å²) in [4.78, 5) is 62.9. The highest BCUT2D eigenvalue weighted by Crippen LogP contribution is 2.31. The van der Waals surface area contributed by atoms with Crippen LogP contribution in [0.4, 0.5) is 0 Å². The quantitative estimate of drug-likeness (QED) is 0.539. The average molecular weight is 378 g/mol. The summed E-state index contributed by atoms with van der Waals surface area (Å²) in [5, 5.41) is 2.29. The number of carbonyl (C=O) groups excluding carboxylic acids is 3. The lowest BCUT2D eigenvalue weighted by atomic mass is 10.0. The molecule has 2 aliphatic heterocycles. The van der Waals surface area contributed by atoms with Gasteiger partial charge in [-0.3, -0.25) is 24.7 Å². The minimum Gasteiger partial charge on any atom is -0.322 e. The maximum Gasteiger partial charge on any atom is 0.325 e. The van der Waals surface area contributed by atoms with Crippen LogP contribution in [0, 0.1) is 0 Å². The zero-order valence-electron chi connectivity index (χ0n) is 14.5. The van der Waals surface area contributed by atoms with Gasteiger partial charge in [-0.1, -0.05) is 6.07 Å². The van der Waals surface area contributed by atoms with E-state index in [1.807, 2.05) is 6.07 Å². The van der Waals surface area contributed by atoms with Crippen LogP contribution in [-0.2, 0) is 16.1 Å². The smallest absolute Gasteiger partial charge is 0.322 e. The van der Waals surface area contributed by atoms with Crippen molar-refractivity contribution in [3.8, 4) is 11.3 Å². The molecule has 140 valence electrons. The number of fused-ring (bicyclic) bond motifs is 2. The molecular weight excluding hydrogens is 364 g/mol. The summed E-state index contributed by atoms with van der Waals surface area (Å²) in [7, 11) is 0. The Morgan fingerprint density at radius 2 is 1.93 bits per heavy atom. The molecule has 2 aliphatic rings. The number of aromatic nitrogens is 4. The van der Waals surface area contributed by atoms with Gasteiger partial charge in [0, 0.05) is 24.1 Å². The molecule has 10 nitrogen and oxygen atoms in total. The van der Waals surface area contributed by atoms with Gasteiger partial charge >= 0.3 is 5.69 Å². The number of hydrogen-bond donors (Lipinski definition) is 3. The monoisotopic (exact) mass is 378 g/mol. The predicted molar refractivity (Wildman–Crippen MR) is 96.0 cm³/mol. The number of nitrogens with zero attached hydrogens (tertiary/aromatic N) is 3. The Labute approximate surface area is 157 Å². The van der Waals surface area contributed by atoms with Crippen molar-refractivity contribution in [1.29, 1.82) is 0 Å². The van der Waals surface area contributed by atoms with Gasteiger partial charge < -0.3 is 9.88 Å². The van der Waals surface area contributed by atoms with Gasteiger partial charge in [0.25, 0.3) is 5.91 Å². The van der Waals surface area contributed by atoms with E-state index in [0.717, 1.165) is 11.1 Å². The van der Waals surface area contributed by atoms with Crippen LogP contribution in [0.1, 0.15) is 28.8 Å². The SMILES string of the molecule is O=C1CCC(N2Cc3cc(-c4ncnc5[nH]c(=O)[nH]c45)ccc3C2=O)C(=O)N1. The summed E-state index contributed by atoms with van der Waals surface area (Å²) in [6.07, 6.45) is 1.88. The molecule has 1 aromatic carbocycles. The van der Waals surface area contributed by atoms with Gasteiger partial charge in [-0.25, -0.2) is 14.8 Å². The van der Waals surface area contributed by atoms with E-state index in [1.165, 1.54) is 11.2 Å². The second kappa shape index (κ2) is 5.84. The summed E-state index contributed by atoms with van der Waals surface area (Å²) in [5.41, 5.74) is 3.04. The number of amides is 3. The van der Waals surface area contributed by atoms with E-state index < -0.39 is 11.9 Å². The van der Waals surface area contributed by atoms with Gasteiger partial charge in [0.1, 0.15) is 17.9 Å². The molecule has 3 aromatic rings. The molecule has 1 atom stereocenters. The molecule has 4 heterocycles. The topological polar surface area (TPSA) is 141 Å². The molecule has 1 saturated heterocycles. The lowest BCUT2D eigenvalue weighted by molar-refractivity contribution is -0.136. The lowest BCUT2D eigenvalue weighted by Gasteiger charge is -2.29. The largest absolute Gasteiger partial charge is 0.325 e. The highest BCUT2D eigenvalue weighted by Gasteiger charge is 2.39. The van der Waals surface area contributed by atoms with E-state index >= 15 is 0 Å². The first-order valence-electron chi connectivity index (χ1n) is 8.72. The fourth-order valence-electron chi connectivity index (χ4n) is 3.79. The van der Waals surface area contributed by atoms with E-state index in [0.29, 0.717) is 28.8 Å². The number of hydrogen-bond acceptors (Lipinski definition) is 6. The predicted octanol–water partition coefficient (Wildman–Crippen LogP) is 0.0742. The van der Waals surface area contributed by atoms with Crippen molar-refractivity contribution in [2.45, 2.75) is 25.4 Å². The van der Waals surface area contributed by atoms with Crippen molar-refractivity contribution in [2.75, 3.05) is 0 Å². The van der Waals surface area contributed by atoms with Crippen molar-refractivity contribution >= 4 is 28.9 Å². The fourth-order valence-corrected chi connectivity index (χ4v) is 3.79. The van der Waals surface area contributed by atoms with Crippen LogP contribution in [0.15, 0.2) is 29.3 Å². The molecule has 1 unspecified atom stereocenters. The summed E-state index contributed by atoms with van der Waals surface area (Å²) >= 11 is 0. The van der Waals surface area contributed by atoms with Crippen LogP contribution < -0.4 is 11.0 Å². The fraction of sp³-hybridized carbons (Fsp3) is 0.222. The second-order valence-corrected chi connectivity index (χ2v) is 6.80. The number of imide groups is 1. The van der Waals surface area contributed by atoms with Gasteiger partial charge in [0.2, 0.25) is 11.8 Å². The molecular formula is C18H14N6O4. The zero-order valence-corrected chi connectivity index (χ0v) is 14.5. The molecule has 2 aromatic heterocycles. The zero-order chi connectivity index (χ0) is 19.4. The van der Waals surface area contributed by atoms with Gasteiger partial charge in [0.05, 0.1) is 5.69 Å². The first kappa shape index (κ1) is 16.4. The molecule has 0 aliphatic carbocycles. The van der Waals surface area contributed by atoms with Crippen LogP contribution in [0.25, 0.3) is 22.4 Å². The molecule has 0 radical (unpaired) electrons. The number of aromatic amines is 2. The van der Waals surface area contributed by atoms with Crippen LogP contribution in [0.5, 0.6) is 0 Å². The average Bonchev–Trinajstić information content (AvgIpc) is 3.20. The minimum atomic E-state index is -0.659. The van der Waals surface area contributed by atoms with Crippen molar-refractivity contribution in [2.24, 2.45) is 0 Å². The van der Waals surface area contributed by atoms with E-state index in [4.69, 9.17) is 0 Å². The van der Waals surface area contributed by atoms with Crippen molar-refractivity contribution < 1.29 is 14.4 Å². The molecule has 0 spiro atoms. The number of imidazole rings is 1. The number of H-pyrrole nitrogens is 2. The van der Waals surface area contributed by atoms with Gasteiger partial charge in [-0.15, -0.1) is 0 Å². The number of piperidine rings is 1. The summed E-state index contributed by atoms with van der Waals surface area (Å²) < 4.78 is 0. The lowest BCUT2D eigenvalue weighted by Crippen LogP contribution is -2.52. The van der Waals surface area contributed by atoms with Gasteiger partial charge in [-0.05, 0) is 24.1 Å². The van der Waals surface area contributed by atoms with Crippen molar-refractivity contribution in [3.05, 3.63) is 46.1 Å². The first-order valence-corrected chi connectivity index (χ1v) is 8.72.